The second-order valence-electron chi connectivity index (χ2n) is 11.3. The van der Waals surface area contributed by atoms with Gasteiger partial charge in [-0.25, -0.2) is 0 Å². The molecule has 16 nitrogen and oxygen atoms in total. The van der Waals surface area contributed by atoms with Crippen LogP contribution in [0.4, 0.5) is 0 Å². The molecule has 0 aromatic rings. The van der Waals surface area contributed by atoms with Gasteiger partial charge in [0.25, 0.3) is 6.29 Å². The number of aliphatic hydroxyl groups excluding tert-OH is 2. The third-order valence-electron chi connectivity index (χ3n) is 8.41. The number of hydrogen-bond donors (Lipinski definition) is 2. The lowest BCUT2D eigenvalue weighted by Crippen LogP contribution is -2.62. The van der Waals surface area contributed by atoms with Crippen molar-refractivity contribution in [1.29, 1.82) is 0 Å². The second-order valence-corrected chi connectivity index (χ2v) is 11.3. The standard InChI is InChI=1S/C28H38N2O14/c1-6-30-26(37)16-8-7-15-17(9-18(35)22(36)20(15)21(16)27(30)38)29-44-28-25(42-14(5)34)24(41-13(4)33)23(40-12(3)32)19(43-28)10-39-11(2)31/h15-16,18-25,28,35-36H,6-10H2,1-5H3/b29-17+/t15-,16+,18+,19+,20-,21+,22+,23+,24-,25+,28-/m0/s1. The molecular weight excluding hydrogens is 588 g/mol. The van der Waals surface area contributed by atoms with Crippen LogP contribution >= 0.6 is 0 Å². The Labute approximate surface area is 252 Å². The van der Waals surface area contributed by atoms with Gasteiger partial charge in [-0.15, -0.1) is 0 Å². The SMILES string of the molecule is CCN1C(=O)[C@H]2[C@H]3[C@H](O)[C@H](O)C/C(=N\O[C@@H]4O[C@H](COC(C)=O)[C@@H](OC(C)=O)[C@H](OC(C)=O)[C@H]4OC(C)=O)[C@@H]3CC[C@H]2C1=O. The van der Waals surface area contributed by atoms with E-state index in [-0.39, 0.29) is 24.6 Å². The summed E-state index contributed by atoms with van der Waals surface area (Å²) in [5.74, 6) is -6.66. The molecule has 0 unspecified atom stereocenters. The first-order valence-corrected chi connectivity index (χ1v) is 14.5. The van der Waals surface area contributed by atoms with Crippen molar-refractivity contribution in [3.63, 3.8) is 0 Å². The molecule has 2 saturated heterocycles. The zero-order chi connectivity index (χ0) is 32.5. The van der Waals surface area contributed by atoms with Gasteiger partial charge in [0, 0.05) is 52.5 Å². The van der Waals surface area contributed by atoms with E-state index in [1.807, 2.05) is 0 Å². The van der Waals surface area contributed by atoms with Gasteiger partial charge in [-0.2, -0.15) is 0 Å². The smallest absolute Gasteiger partial charge is 0.303 e. The number of ether oxygens (including phenoxy) is 5. The maximum absolute atomic E-state index is 13.2. The van der Waals surface area contributed by atoms with Gasteiger partial charge in [-0.3, -0.25) is 33.7 Å². The number of nitrogens with zero attached hydrogens (tertiary/aromatic N) is 2. The van der Waals surface area contributed by atoms with Crippen molar-refractivity contribution in [3.05, 3.63) is 0 Å². The van der Waals surface area contributed by atoms with Crippen molar-refractivity contribution in [1.82, 2.24) is 4.90 Å². The summed E-state index contributed by atoms with van der Waals surface area (Å²) in [4.78, 5) is 80.6. The van der Waals surface area contributed by atoms with Crippen molar-refractivity contribution in [2.24, 2.45) is 28.8 Å². The van der Waals surface area contributed by atoms with Crippen LogP contribution in [0.25, 0.3) is 0 Å². The molecular formula is C28H38N2O14. The summed E-state index contributed by atoms with van der Waals surface area (Å²) >= 11 is 0. The molecule has 4 rings (SSSR count). The number of hydrogen-bond acceptors (Lipinski definition) is 15. The Balaban J connectivity index is 1.67. The molecule has 16 heteroatoms. The summed E-state index contributed by atoms with van der Waals surface area (Å²) in [6, 6.07) is 0. The van der Waals surface area contributed by atoms with Gasteiger partial charge in [-0.05, 0) is 19.8 Å². The van der Waals surface area contributed by atoms with Crippen LogP contribution in [0, 0.1) is 23.7 Å². The number of fused-ring (bicyclic) bond motifs is 3. The molecule has 2 heterocycles. The van der Waals surface area contributed by atoms with E-state index in [1.54, 1.807) is 6.92 Å². The number of amides is 2. The highest BCUT2D eigenvalue weighted by atomic mass is 16.8. The molecule has 4 aliphatic rings. The van der Waals surface area contributed by atoms with E-state index in [2.05, 4.69) is 5.16 Å². The van der Waals surface area contributed by atoms with E-state index in [9.17, 15) is 39.0 Å². The van der Waals surface area contributed by atoms with Gasteiger partial charge in [-0.1, -0.05) is 5.16 Å². The molecule has 2 aliphatic carbocycles. The molecule has 0 aromatic heterocycles. The van der Waals surface area contributed by atoms with Gasteiger partial charge in [0.05, 0.1) is 29.8 Å². The molecule has 44 heavy (non-hydrogen) atoms. The second kappa shape index (κ2) is 13.6. The van der Waals surface area contributed by atoms with Crippen molar-refractivity contribution < 1.29 is 67.5 Å². The number of rotatable bonds is 8. The maximum Gasteiger partial charge on any atom is 0.303 e. The monoisotopic (exact) mass is 626 g/mol. The Hall–Kier alpha value is -3.63. The minimum absolute atomic E-state index is 0.134. The summed E-state index contributed by atoms with van der Waals surface area (Å²) in [6.07, 6.45) is -9.25. The van der Waals surface area contributed by atoms with Gasteiger partial charge < -0.3 is 38.7 Å². The van der Waals surface area contributed by atoms with Crippen LogP contribution < -0.4 is 0 Å². The van der Waals surface area contributed by atoms with Crippen LogP contribution in [-0.4, -0.2) is 113 Å². The first-order valence-electron chi connectivity index (χ1n) is 14.5. The van der Waals surface area contributed by atoms with E-state index in [0.29, 0.717) is 12.8 Å². The minimum Gasteiger partial charge on any atom is -0.463 e. The van der Waals surface area contributed by atoms with E-state index >= 15 is 0 Å². The van der Waals surface area contributed by atoms with E-state index in [0.717, 1.165) is 32.6 Å². The fraction of sp³-hybridized carbons (Fsp3) is 0.750. The predicted molar refractivity (Wildman–Crippen MR) is 143 cm³/mol. The summed E-state index contributed by atoms with van der Waals surface area (Å²) < 4.78 is 27.1. The molecule has 0 spiro atoms. The maximum atomic E-state index is 13.2. The first kappa shape index (κ1) is 33.3. The highest BCUT2D eigenvalue weighted by molar-refractivity contribution is 6.06. The number of likely N-dealkylation sites (tertiary alicyclic amines) is 1. The quantitative estimate of drug-likeness (QED) is 0.146. The topological polar surface area (TPSA) is 214 Å². The molecule has 0 aromatic carbocycles. The molecule has 0 bridgehead atoms. The Kier molecular flexibility index (Phi) is 10.3. The molecule has 2 N–H and O–H groups in total. The van der Waals surface area contributed by atoms with E-state index in [1.165, 1.54) is 0 Å². The summed E-state index contributed by atoms with van der Waals surface area (Å²) in [5, 5.41) is 26.0. The predicted octanol–water partition coefficient (Wildman–Crippen LogP) is -0.785. The van der Waals surface area contributed by atoms with Crippen molar-refractivity contribution in [2.45, 2.75) is 96.8 Å². The van der Waals surface area contributed by atoms with Gasteiger partial charge in [0.1, 0.15) is 12.7 Å². The number of carbonyl (C=O) groups excluding carboxylic acids is 6. The molecule has 244 valence electrons. The van der Waals surface area contributed by atoms with E-state index in [4.69, 9.17) is 28.5 Å². The lowest BCUT2D eigenvalue weighted by atomic mass is 9.60. The largest absolute Gasteiger partial charge is 0.463 e. The third kappa shape index (κ3) is 6.71. The number of carbonyl (C=O) groups is 6. The molecule has 2 saturated carbocycles. The van der Waals surface area contributed by atoms with Gasteiger partial charge in [0.15, 0.2) is 12.2 Å². The summed E-state index contributed by atoms with van der Waals surface area (Å²) in [6.45, 7) is 5.82. The molecule has 2 aliphatic heterocycles. The van der Waals surface area contributed by atoms with Gasteiger partial charge >= 0.3 is 23.9 Å². The Morgan fingerprint density at radius 1 is 0.864 bits per heavy atom. The highest BCUT2D eigenvalue weighted by Crippen LogP contribution is 2.49. The minimum atomic E-state index is -1.59. The van der Waals surface area contributed by atoms with Crippen molar-refractivity contribution in [2.75, 3.05) is 13.2 Å². The fourth-order valence-corrected chi connectivity index (χ4v) is 6.74. The number of oxime groups is 1. The highest BCUT2D eigenvalue weighted by Gasteiger charge is 2.60. The Morgan fingerprint density at radius 3 is 2.05 bits per heavy atom. The third-order valence-corrected chi connectivity index (χ3v) is 8.41. The van der Waals surface area contributed by atoms with Crippen LogP contribution in [0.2, 0.25) is 0 Å². The fourth-order valence-electron chi connectivity index (χ4n) is 6.74. The van der Waals surface area contributed by atoms with Crippen LogP contribution in [0.1, 0.15) is 53.9 Å². The zero-order valence-electron chi connectivity index (χ0n) is 25.1. The molecule has 0 radical (unpaired) electrons. The molecule has 11 atom stereocenters. The lowest BCUT2D eigenvalue weighted by Gasteiger charge is -2.46. The van der Waals surface area contributed by atoms with Crippen LogP contribution in [-0.2, 0) is 57.3 Å². The summed E-state index contributed by atoms with van der Waals surface area (Å²) in [5.41, 5.74) is 0.273. The van der Waals surface area contributed by atoms with Crippen LogP contribution in [0.15, 0.2) is 5.16 Å². The average Bonchev–Trinajstić information content (AvgIpc) is 3.19. The van der Waals surface area contributed by atoms with Crippen molar-refractivity contribution >= 4 is 41.4 Å². The van der Waals surface area contributed by atoms with Crippen LogP contribution in [0.3, 0.4) is 0 Å². The summed E-state index contributed by atoms with van der Waals surface area (Å²) in [7, 11) is 0. The number of aliphatic hydroxyl groups is 2. The van der Waals surface area contributed by atoms with Gasteiger partial charge in [0.2, 0.25) is 17.9 Å². The van der Waals surface area contributed by atoms with Crippen LogP contribution in [0.5, 0.6) is 0 Å². The number of esters is 4. The lowest BCUT2D eigenvalue weighted by molar-refractivity contribution is -0.308. The molecule has 4 fully saturated rings. The van der Waals surface area contributed by atoms with E-state index < -0.39 is 103 Å². The normalized spacial score (nSPS) is 37.5. The Bertz CT molecular complexity index is 1200. The molecule has 2 amide bonds. The first-order chi connectivity index (χ1) is 20.7. The zero-order valence-corrected chi connectivity index (χ0v) is 25.1. The average molecular weight is 627 g/mol. The Morgan fingerprint density at radius 2 is 1.45 bits per heavy atom. The van der Waals surface area contributed by atoms with Crippen molar-refractivity contribution in [3.8, 4) is 0 Å². The number of imide groups is 1.